The van der Waals surface area contributed by atoms with Crippen LogP contribution in [0.2, 0.25) is 0 Å². The molecule has 1 heterocycles. The van der Waals surface area contributed by atoms with Gasteiger partial charge in [0.15, 0.2) is 0 Å². The number of aromatic nitrogens is 1. The van der Waals surface area contributed by atoms with Crippen LogP contribution >= 0.6 is 0 Å². The maximum atomic E-state index is 5.47. The Hall–Kier alpha value is -1.29. The molecule has 0 unspecified atom stereocenters. The molecule has 0 radical (unpaired) electrons. The molecular weight excluding hydrogens is 178 g/mol. The van der Waals surface area contributed by atoms with Gasteiger partial charge >= 0.3 is 0 Å². The summed E-state index contributed by atoms with van der Waals surface area (Å²) in [5, 5.41) is 0. The van der Waals surface area contributed by atoms with Crippen molar-refractivity contribution in [2.75, 3.05) is 11.4 Å². The Kier molecular flexibility index (Phi) is 2.54. The Morgan fingerprint density at radius 3 is 3.00 bits per heavy atom. The number of anilines is 1. The average molecular weight is 193 g/mol. The van der Waals surface area contributed by atoms with Crippen LogP contribution in [-0.4, -0.2) is 17.6 Å². The summed E-state index contributed by atoms with van der Waals surface area (Å²) in [6.45, 7) is 4.94. The molecular formula is C10H15N3O. The van der Waals surface area contributed by atoms with Gasteiger partial charge in [-0.2, -0.15) is 4.98 Å². The van der Waals surface area contributed by atoms with Crippen molar-refractivity contribution in [3.63, 3.8) is 0 Å². The van der Waals surface area contributed by atoms with Gasteiger partial charge in [0.25, 0.3) is 6.01 Å². The molecule has 76 valence electrons. The fourth-order valence-corrected chi connectivity index (χ4v) is 1.43. The summed E-state index contributed by atoms with van der Waals surface area (Å²) >= 11 is 0. The molecule has 1 aromatic heterocycles. The molecule has 0 atom stereocenters. The molecule has 0 bridgehead atoms. The van der Waals surface area contributed by atoms with Crippen LogP contribution in [0.15, 0.2) is 23.3 Å². The SMILES string of the molecule is C=CCN(c1nc(CN)co1)C1CC1. The fourth-order valence-electron chi connectivity index (χ4n) is 1.43. The molecule has 1 aromatic rings. The Balaban J connectivity index is 2.12. The van der Waals surface area contributed by atoms with E-state index in [0.29, 0.717) is 18.6 Å². The van der Waals surface area contributed by atoms with Crippen molar-refractivity contribution < 1.29 is 4.42 Å². The zero-order chi connectivity index (χ0) is 9.97. The number of hydrogen-bond acceptors (Lipinski definition) is 4. The zero-order valence-electron chi connectivity index (χ0n) is 8.15. The maximum Gasteiger partial charge on any atom is 0.298 e. The summed E-state index contributed by atoms with van der Waals surface area (Å²) in [5.74, 6) is 0. The Bertz CT molecular complexity index is 317. The van der Waals surface area contributed by atoms with Gasteiger partial charge in [0.1, 0.15) is 6.26 Å². The van der Waals surface area contributed by atoms with Crippen molar-refractivity contribution in [2.45, 2.75) is 25.4 Å². The lowest BCUT2D eigenvalue weighted by Gasteiger charge is -2.17. The third-order valence-corrected chi connectivity index (χ3v) is 2.31. The minimum absolute atomic E-state index is 0.427. The quantitative estimate of drug-likeness (QED) is 0.716. The minimum Gasteiger partial charge on any atom is -0.432 e. The standard InChI is InChI=1S/C10H15N3O/c1-2-5-13(9-3-4-9)10-12-8(6-11)7-14-10/h2,7,9H,1,3-6,11H2. The highest BCUT2D eigenvalue weighted by Gasteiger charge is 2.31. The van der Waals surface area contributed by atoms with E-state index in [1.165, 1.54) is 12.8 Å². The highest BCUT2D eigenvalue weighted by molar-refractivity contribution is 5.32. The first-order chi connectivity index (χ1) is 6.85. The Morgan fingerprint density at radius 2 is 2.50 bits per heavy atom. The summed E-state index contributed by atoms with van der Waals surface area (Å²) in [6, 6.07) is 1.25. The first-order valence-corrected chi connectivity index (χ1v) is 4.87. The van der Waals surface area contributed by atoms with E-state index in [4.69, 9.17) is 10.2 Å². The Labute approximate surface area is 83.4 Å². The van der Waals surface area contributed by atoms with E-state index < -0.39 is 0 Å². The van der Waals surface area contributed by atoms with Crippen LogP contribution < -0.4 is 10.6 Å². The largest absolute Gasteiger partial charge is 0.432 e. The number of nitrogens with two attached hydrogens (primary N) is 1. The second-order valence-corrected chi connectivity index (χ2v) is 3.50. The molecule has 2 N–H and O–H groups in total. The molecule has 1 aliphatic rings. The predicted octanol–water partition coefficient (Wildman–Crippen LogP) is 1.29. The van der Waals surface area contributed by atoms with E-state index in [2.05, 4.69) is 16.5 Å². The molecule has 1 aliphatic carbocycles. The molecule has 4 heteroatoms. The van der Waals surface area contributed by atoms with Crippen LogP contribution in [-0.2, 0) is 6.54 Å². The lowest BCUT2D eigenvalue weighted by Crippen LogP contribution is -2.25. The smallest absolute Gasteiger partial charge is 0.298 e. The molecule has 0 aliphatic heterocycles. The van der Waals surface area contributed by atoms with Gasteiger partial charge in [0, 0.05) is 19.1 Å². The molecule has 0 aromatic carbocycles. The molecule has 1 saturated carbocycles. The third-order valence-electron chi connectivity index (χ3n) is 2.31. The summed E-state index contributed by atoms with van der Waals surface area (Å²) in [6.07, 6.45) is 5.92. The summed E-state index contributed by atoms with van der Waals surface area (Å²) in [7, 11) is 0. The van der Waals surface area contributed by atoms with Crippen LogP contribution in [0.1, 0.15) is 18.5 Å². The van der Waals surface area contributed by atoms with Crippen LogP contribution in [0, 0.1) is 0 Å². The Morgan fingerprint density at radius 1 is 1.71 bits per heavy atom. The van der Waals surface area contributed by atoms with Gasteiger partial charge in [-0.3, -0.25) is 0 Å². The summed E-state index contributed by atoms with van der Waals surface area (Å²) in [5.41, 5.74) is 6.27. The molecule has 14 heavy (non-hydrogen) atoms. The molecule has 2 rings (SSSR count). The van der Waals surface area contributed by atoms with Crippen LogP contribution in [0.3, 0.4) is 0 Å². The van der Waals surface area contributed by atoms with Gasteiger partial charge < -0.3 is 15.1 Å². The highest BCUT2D eigenvalue weighted by Crippen LogP contribution is 2.30. The van der Waals surface area contributed by atoms with Crippen molar-refractivity contribution >= 4 is 6.01 Å². The van der Waals surface area contributed by atoms with E-state index in [-0.39, 0.29) is 0 Å². The second kappa shape index (κ2) is 3.84. The van der Waals surface area contributed by atoms with E-state index in [1.807, 2.05) is 6.08 Å². The van der Waals surface area contributed by atoms with Crippen LogP contribution in [0.4, 0.5) is 6.01 Å². The van der Waals surface area contributed by atoms with Gasteiger partial charge in [-0.25, -0.2) is 0 Å². The second-order valence-electron chi connectivity index (χ2n) is 3.50. The lowest BCUT2D eigenvalue weighted by atomic mass is 10.5. The van der Waals surface area contributed by atoms with Gasteiger partial charge in [-0.05, 0) is 12.8 Å². The maximum absolute atomic E-state index is 5.47. The molecule has 0 saturated heterocycles. The number of rotatable bonds is 5. The van der Waals surface area contributed by atoms with E-state index in [1.54, 1.807) is 6.26 Å². The zero-order valence-corrected chi connectivity index (χ0v) is 8.15. The van der Waals surface area contributed by atoms with Gasteiger partial charge in [-0.1, -0.05) is 6.08 Å². The normalized spacial score (nSPS) is 15.5. The predicted molar refractivity (Wildman–Crippen MR) is 55.0 cm³/mol. The molecule has 0 amide bonds. The first-order valence-electron chi connectivity index (χ1n) is 4.87. The highest BCUT2D eigenvalue weighted by atomic mass is 16.4. The molecule has 4 nitrogen and oxygen atoms in total. The first kappa shape index (κ1) is 9.27. The van der Waals surface area contributed by atoms with Gasteiger partial charge in [0.05, 0.1) is 5.69 Å². The third kappa shape index (κ3) is 1.80. The molecule has 0 spiro atoms. The van der Waals surface area contributed by atoms with Gasteiger partial charge in [0.2, 0.25) is 0 Å². The van der Waals surface area contributed by atoms with Crippen molar-refractivity contribution in [1.82, 2.24) is 4.98 Å². The van der Waals surface area contributed by atoms with E-state index in [0.717, 1.165) is 12.2 Å². The van der Waals surface area contributed by atoms with Crippen molar-refractivity contribution in [2.24, 2.45) is 5.73 Å². The monoisotopic (exact) mass is 193 g/mol. The van der Waals surface area contributed by atoms with Crippen LogP contribution in [0.5, 0.6) is 0 Å². The topological polar surface area (TPSA) is 55.3 Å². The number of oxazole rings is 1. The van der Waals surface area contributed by atoms with Crippen molar-refractivity contribution in [1.29, 1.82) is 0 Å². The van der Waals surface area contributed by atoms with E-state index in [9.17, 15) is 0 Å². The summed E-state index contributed by atoms with van der Waals surface area (Å²) in [4.78, 5) is 6.43. The van der Waals surface area contributed by atoms with E-state index >= 15 is 0 Å². The minimum atomic E-state index is 0.427. The summed E-state index contributed by atoms with van der Waals surface area (Å²) < 4.78 is 5.36. The van der Waals surface area contributed by atoms with Crippen molar-refractivity contribution in [3.8, 4) is 0 Å². The fraction of sp³-hybridized carbons (Fsp3) is 0.500. The lowest BCUT2D eigenvalue weighted by molar-refractivity contribution is 0.537. The van der Waals surface area contributed by atoms with Crippen molar-refractivity contribution in [3.05, 3.63) is 24.6 Å². The number of hydrogen-bond donors (Lipinski definition) is 1. The molecule has 1 fully saturated rings. The van der Waals surface area contributed by atoms with Crippen LogP contribution in [0.25, 0.3) is 0 Å². The average Bonchev–Trinajstić information content (AvgIpc) is 2.92. The number of nitrogens with zero attached hydrogens (tertiary/aromatic N) is 2. The van der Waals surface area contributed by atoms with Gasteiger partial charge in [-0.15, -0.1) is 6.58 Å².